The van der Waals surface area contributed by atoms with Crippen molar-refractivity contribution in [3.8, 4) is 16.9 Å². The molecule has 0 saturated carbocycles. The van der Waals surface area contributed by atoms with Crippen LogP contribution in [0, 0.1) is 19.7 Å². The summed E-state index contributed by atoms with van der Waals surface area (Å²) in [6, 6.07) is 9.80. The van der Waals surface area contributed by atoms with Crippen LogP contribution in [-0.4, -0.2) is 30.1 Å². The molecule has 166 valence electrons. The second-order valence-corrected chi connectivity index (χ2v) is 6.74. The summed E-state index contributed by atoms with van der Waals surface area (Å²) < 4.78 is 24.5. The van der Waals surface area contributed by atoms with Crippen LogP contribution in [0.1, 0.15) is 66.7 Å². The number of halogens is 1. The van der Waals surface area contributed by atoms with Gasteiger partial charge in [-0.1, -0.05) is 38.9 Å². The molecule has 0 saturated heterocycles. The van der Waals surface area contributed by atoms with E-state index in [4.69, 9.17) is 9.26 Å². The molecule has 31 heavy (non-hydrogen) atoms. The number of aryl methyl sites for hydroxylation is 2. The summed E-state index contributed by atoms with van der Waals surface area (Å²) in [6.45, 7) is 11.7. The highest BCUT2D eigenvalue weighted by Crippen LogP contribution is 2.41. The van der Waals surface area contributed by atoms with Crippen molar-refractivity contribution in [2.75, 3.05) is 14.2 Å². The van der Waals surface area contributed by atoms with Gasteiger partial charge in [0.05, 0.1) is 18.8 Å². The summed E-state index contributed by atoms with van der Waals surface area (Å²) in [6.07, 6.45) is 0. The largest absolute Gasteiger partial charge is 0.497 e. The standard InChI is InChI=1S/C21H19FN2O3.2C2H6/c1-11-19(12(2)27-23-11)13-5-6-17-18(9-13)20(24(3)21(17)25)14-7-15(22)10-16(8-14)26-4;2*1-2/h5-10,20H,1-4H3;2*1-2H3. The zero-order valence-electron chi connectivity index (χ0n) is 19.5. The normalized spacial score (nSPS) is 14.3. The molecule has 0 fully saturated rings. The van der Waals surface area contributed by atoms with Crippen LogP contribution in [-0.2, 0) is 0 Å². The summed E-state index contributed by atoms with van der Waals surface area (Å²) in [5.41, 5.74) is 4.72. The van der Waals surface area contributed by atoms with Crippen molar-refractivity contribution in [1.82, 2.24) is 10.1 Å². The van der Waals surface area contributed by atoms with Crippen LogP contribution in [0.4, 0.5) is 4.39 Å². The highest BCUT2D eigenvalue weighted by atomic mass is 19.1. The summed E-state index contributed by atoms with van der Waals surface area (Å²) in [7, 11) is 3.21. The molecule has 3 aromatic rings. The SMILES string of the molecule is CC.CC.COc1cc(F)cc(C2c3cc(-c4c(C)noc4C)ccc3C(=O)N2C)c1. The molecular formula is C25H31FN2O3. The first-order valence-electron chi connectivity index (χ1n) is 10.6. The van der Waals surface area contributed by atoms with E-state index in [2.05, 4.69) is 5.16 Å². The molecule has 0 radical (unpaired) electrons. The Hall–Kier alpha value is -3.15. The Labute approximate surface area is 183 Å². The Balaban J connectivity index is 0.000000807. The molecule has 1 aliphatic rings. The van der Waals surface area contributed by atoms with E-state index in [1.807, 2.05) is 59.7 Å². The maximum absolute atomic E-state index is 14.1. The van der Waals surface area contributed by atoms with E-state index in [0.717, 1.165) is 22.4 Å². The number of methoxy groups -OCH3 is 1. The van der Waals surface area contributed by atoms with Crippen LogP contribution < -0.4 is 4.74 Å². The van der Waals surface area contributed by atoms with Crippen LogP contribution in [0.15, 0.2) is 40.9 Å². The third-order valence-corrected chi connectivity index (χ3v) is 5.05. The maximum atomic E-state index is 14.1. The van der Waals surface area contributed by atoms with E-state index in [1.54, 1.807) is 18.0 Å². The molecule has 4 rings (SSSR count). The lowest BCUT2D eigenvalue weighted by Crippen LogP contribution is -2.23. The molecule has 0 N–H and O–H groups in total. The number of carbonyl (C=O) groups excluding carboxylic acids is 1. The molecule has 5 nitrogen and oxygen atoms in total. The van der Waals surface area contributed by atoms with Crippen molar-refractivity contribution < 1.29 is 18.4 Å². The monoisotopic (exact) mass is 426 g/mol. The van der Waals surface area contributed by atoms with Gasteiger partial charge in [-0.05, 0) is 54.8 Å². The van der Waals surface area contributed by atoms with Crippen LogP contribution in [0.25, 0.3) is 11.1 Å². The highest BCUT2D eigenvalue weighted by molar-refractivity contribution is 6.00. The third-order valence-electron chi connectivity index (χ3n) is 5.05. The Morgan fingerprint density at radius 2 is 1.74 bits per heavy atom. The fourth-order valence-electron chi connectivity index (χ4n) is 3.81. The molecule has 1 aliphatic heterocycles. The number of hydrogen-bond acceptors (Lipinski definition) is 4. The molecule has 0 spiro atoms. The minimum absolute atomic E-state index is 0.0939. The van der Waals surface area contributed by atoms with Gasteiger partial charge < -0.3 is 14.2 Å². The average Bonchev–Trinajstić information content (AvgIpc) is 3.25. The number of rotatable bonds is 3. The minimum Gasteiger partial charge on any atom is -0.497 e. The second-order valence-electron chi connectivity index (χ2n) is 6.74. The molecule has 2 aromatic carbocycles. The van der Waals surface area contributed by atoms with Gasteiger partial charge in [-0.15, -0.1) is 0 Å². The maximum Gasteiger partial charge on any atom is 0.254 e. The van der Waals surface area contributed by atoms with Crippen LogP contribution in [0.3, 0.4) is 0 Å². The first kappa shape index (κ1) is 24.1. The molecule has 1 unspecified atom stereocenters. The first-order valence-corrected chi connectivity index (χ1v) is 10.6. The topological polar surface area (TPSA) is 55.6 Å². The Morgan fingerprint density at radius 3 is 2.32 bits per heavy atom. The number of ether oxygens (including phenoxy) is 1. The second kappa shape index (κ2) is 10.2. The molecule has 0 aliphatic carbocycles. The zero-order valence-corrected chi connectivity index (χ0v) is 19.5. The number of amides is 1. The summed E-state index contributed by atoms with van der Waals surface area (Å²) in [5.74, 6) is 0.638. The lowest BCUT2D eigenvalue weighted by atomic mass is 9.93. The lowest BCUT2D eigenvalue weighted by Gasteiger charge is -2.22. The summed E-state index contributed by atoms with van der Waals surface area (Å²) in [5, 5.41) is 4.01. The van der Waals surface area contributed by atoms with Gasteiger partial charge in [0.15, 0.2) is 0 Å². The predicted octanol–water partition coefficient (Wildman–Crippen LogP) is 6.33. The summed E-state index contributed by atoms with van der Waals surface area (Å²) >= 11 is 0. The van der Waals surface area contributed by atoms with Crippen molar-refractivity contribution in [3.05, 3.63) is 70.4 Å². The molecular weight excluding hydrogens is 395 g/mol. The van der Waals surface area contributed by atoms with Gasteiger partial charge in [0.2, 0.25) is 0 Å². The first-order chi connectivity index (χ1) is 14.9. The predicted molar refractivity (Wildman–Crippen MR) is 121 cm³/mol. The fourth-order valence-corrected chi connectivity index (χ4v) is 3.81. The molecule has 2 heterocycles. The minimum atomic E-state index is -0.402. The fraction of sp³-hybridized carbons (Fsp3) is 0.360. The van der Waals surface area contributed by atoms with Gasteiger partial charge in [0.1, 0.15) is 17.3 Å². The zero-order chi connectivity index (χ0) is 23.3. The highest BCUT2D eigenvalue weighted by Gasteiger charge is 2.36. The van der Waals surface area contributed by atoms with E-state index in [9.17, 15) is 9.18 Å². The molecule has 1 amide bonds. The van der Waals surface area contributed by atoms with Crippen LogP contribution in [0.2, 0.25) is 0 Å². The van der Waals surface area contributed by atoms with E-state index < -0.39 is 11.9 Å². The van der Waals surface area contributed by atoms with Crippen molar-refractivity contribution in [1.29, 1.82) is 0 Å². The van der Waals surface area contributed by atoms with Gasteiger partial charge in [-0.3, -0.25) is 4.79 Å². The van der Waals surface area contributed by atoms with E-state index in [0.29, 0.717) is 22.6 Å². The summed E-state index contributed by atoms with van der Waals surface area (Å²) in [4.78, 5) is 14.3. The quantitative estimate of drug-likeness (QED) is 0.491. The van der Waals surface area contributed by atoms with Crippen LogP contribution >= 0.6 is 0 Å². The Kier molecular flexibility index (Phi) is 7.97. The number of carbonyl (C=O) groups is 1. The van der Waals surface area contributed by atoms with Gasteiger partial charge in [-0.25, -0.2) is 4.39 Å². The third kappa shape index (κ3) is 4.48. The van der Waals surface area contributed by atoms with E-state index in [1.165, 1.54) is 19.2 Å². The Bertz CT molecular complexity index is 1040. The number of aromatic nitrogens is 1. The molecule has 1 atom stereocenters. The van der Waals surface area contributed by atoms with Gasteiger partial charge in [0.25, 0.3) is 5.91 Å². The van der Waals surface area contributed by atoms with Crippen molar-refractivity contribution in [3.63, 3.8) is 0 Å². The van der Waals surface area contributed by atoms with Crippen LogP contribution in [0.5, 0.6) is 5.75 Å². The van der Waals surface area contributed by atoms with E-state index >= 15 is 0 Å². The van der Waals surface area contributed by atoms with Crippen molar-refractivity contribution >= 4 is 5.91 Å². The number of hydrogen-bond donors (Lipinski definition) is 0. The number of fused-ring (bicyclic) bond motifs is 1. The molecule has 6 heteroatoms. The average molecular weight is 427 g/mol. The van der Waals surface area contributed by atoms with Crippen molar-refractivity contribution in [2.45, 2.75) is 47.6 Å². The number of nitrogens with zero attached hydrogens (tertiary/aromatic N) is 2. The molecule has 1 aromatic heterocycles. The lowest BCUT2D eigenvalue weighted by molar-refractivity contribution is 0.0793. The molecule has 0 bridgehead atoms. The number of benzene rings is 2. The van der Waals surface area contributed by atoms with Gasteiger partial charge in [0, 0.05) is 24.2 Å². The van der Waals surface area contributed by atoms with Crippen molar-refractivity contribution in [2.24, 2.45) is 0 Å². The smallest absolute Gasteiger partial charge is 0.254 e. The Morgan fingerprint density at radius 1 is 1.06 bits per heavy atom. The van der Waals surface area contributed by atoms with Gasteiger partial charge >= 0.3 is 0 Å². The van der Waals surface area contributed by atoms with Gasteiger partial charge in [-0.2, -0.15) is 0 Å². The van der Waals surface area contributed by atoms with E-state index in [-0.39, 0.29) is 5.91 Å².